The van der Waals surface area contributed by atoms with Crippen LogP contribution in [0.3, 0.4) is 0 Å². The summed E-state index contributed by atoms with van der Waals surface area (Å²) in [6, 6.07) is 2.59. The zero-order chi connectivity index (χ0) is 15.6. The van der Waals surface area contributed by atoms with Crippen LogP contribution in [0.15, 0.2) is 18.2 Å². The van der Waals surface area contributed by atoms with E-state index in [9.17, 15) is 30.8 Å². The highest BCUT2D eigenvalue weighted by atomic mass is 32.2. The average Bonchev–Trinajstić information content (AvgIpc) is 2.30. The summed E-state index contributed by atoms with van der Waals surface area (Å²) < 4.78 is 70.3. The van der Waals surface area contributed by atoms with Gasteiger partial charge in [-0.25, -0.2) is 12.8 Å². The van der Waals surface area contributed by atoms with Gasteiger partial charge in [-0.2, -0.15) is 13.2 Å². The number of nitrogens with one attached hydrogen (secondary N) is 1. The number of sulfone groups is 1. The highest BCUT2D eigenvalue weighted by molar-refractivity contribution is 7.92. The lowest BCUT2D eigenvalue weighted by Crippen LogP contribution is -2.34. The number of phenolic OH excluding ortho intramolecular Hbond substituents is 1. The molecule has 10 heteroatoms. The summed E-state index contributed by atoms with van der Waals surface area (Å²) in [5.41, 5.74) is -5.65. The van der Waals surface area contributed by atoms with Crippen molar-refractivity contribution in [2.75, 3.05) is 12.3 Å². The third kappa shape index (κ3) is 3.83. The molecule has 1 aromatic rings. The van der Waals surface area contributed by atoms with E-state index >= 15 is 0 Å². The monoisotopic (exact) mass is 315 g/mol. The predicted molar refractivity (Wildman–Crippen MR) is 60.2 cm³/mol. The number of rotatable bonds is 4. The van der Waals surface area contributed by atoms with E-state index in [1.165, 1.54) is 0 Å². The molecule has 0 fully saturated rings. The van der Waals surface area contributed by atoms with Crippen molar-refractivity contribution in [3.8, 4) is 5.75 Å². The molecule has 2 N–H and O–H groups in total. The van der Waals surface area contributed by atoms with Crippen LogP contribution < -0.4 is 5.32 Å². The van der Waals surface area contributed by atoms with E-state index in [0.717, 1.165) is 12.1 Å². The standard InChI is InChI=1S/C10H9F4NO4S/c11-7-5-6(1-2-8(7)16)9(17)15-3-4-20(18,19)10(12,13)14/h1-2,5,16H,3-4H2,(H,15,17). The number of alkyl halides is 3. The van der Waals surface area contributed by atoms with Crippen molar-refractivity contribution >= 4 is 15.7 Å². The first-order valence-electron chi connectivity index (χ1n) is 5.10. The van der Waals surface area contributed by atoms with Crippen LogP contribution in [0.1, 0.15) is 10.4 Å². The fourth-order valence-corrected chi connectivity index (χ4v) is 1.77. The van der Waals surface area contributed by atoms with Crippen molar-refractivity contribution in [3.05, 3.63) is 29.6 Å². The van der Waals surface area contributed by atoms with Crippen molar-refractivity contribution in [2.45, 2.75) is 5.51 Å². The van der Waals surface area contributed by atoms with Crippen LogP contribution in [-0.4, -0.2) is 37.2 Å². The van der Waals surface area contributed by atoms with Gasteiger partial charge in [0.05, 0.1) is 5.75 Å². The molecule has 0 aliphatic heterocycles. The van der Waals surface area contributed by atoms with E-state index in [4.69, 9.17) is 5.11 Å². The molecule has 0 radical (unpaired) electrons. The number of carbonyl (C=O) groups excluding carboxylic acids is 1. The lowest BCUT2D eigenvalue weighted by molar-refractivity contribution is -0.0435. The SMILES string of the molecule is O=C(NCCS(=O)(=O)C(F)(F)F)c1ccc(O)c(F)c1. The second-order valence-corrected chi connectivity index (χ2v) is 5.79. The molecule has 112 valence electrons. The number of amides is 1. The minimum absolute atomic E-state index is 0.260. The Morgan fingerprint density at radius 2 is 1.90 bits per heavy atom. The predicted octanol–water partition coefficient (Wildman–Crippen LogP) is 1.20. The minimum Gasteiger partial charge on any atom is -0.505 e. The molecule has 0 heterocycles. The summed E-state index contributed by atoms with van der Waals surface area (Å²) in [5.74, 6) is -4.05. The van der Waals surface area contributed by atoms with Gasteiger partial charge in [-0.05, 0) is 18.2 Å². The molecule has 0 saturated heterocycles. The van der Waals surface area contributed by atoms with Crippen LogP contribution in [0, 0.1) is 5.82 Å². The Morgan fingerprint density at radius 3 is 2.40 bits per heavy atom. The number of hydrogen-bond acceptors (Lipinski definition) is 4. The Hall–Kier alpha value is -1.84. The maximum absolute atomic E-state index is 12.9. The molecule has 0 aromatic heterocycles. The number of carbonyl (C=O) groups is 1. The van der Waals surface area contributed by atoms with Crippen LogP contribution in [-0.2, 0) is 9.84 Å². The Kier molecular flexibility index (Phi) is 4.58. The summed E-state index contributed by atoms with van der Waals surface area (Å²) in [7, 11) is -5.32. The molecular weight excluding hydrogens is 306 g/mol. The fourth-order valence-electron chi connectivity index (χ4n) is 1.16. The maximum atomic E-state index is 12.9. The number of hydrogen-bond donors (Lipinski definition) is 2. The third-order valence-corrected chi connectivity index (χ3v) is 3.67. The van der Waals surface area contributed by atoms with Crippen LogP contribution >= 0.6 is 0 Å². The molecule has 0 spiro atoms. The van der Waals surface area contributed by atoms with Gasteiger partial charge < -0.3 is 10.4 Å². The first-order chi connectivity index (χ1) is 9.04. The zero-order valence-corrected chi connectivity index (χ0v) is 10.6. The van der Waals surface area contributed by atoms with Gasteiger partial charge in [-0.15, -0.1) is 0 Å². The first kappa shape index (κ1) is 16.2. The van der Waals surface area contributed by atoms with Gasteiger partial charge in [0.15, 0.2) is 11.6 Å². The second kappa shape index (κ2) is 5.65. The molecular formula is C10H9F4NO4S. The van der Waals surface area contributed by atoms with E-state index in [1.807, 2.05) is 5.32 Å². The molecule has 0 bridgehead atoms. The normalized spacial score (nSPS) is 12.2. The van der Waals surface area contributed by atoms with Crippen LogP contribution in [0.25, 0.3) is 0 Å². The topological polar surface area (TPSA) is 83.5 Å². The summed E-state index contributed by atoms with van der Waals surface area (Å²) in [6.45, 7) is -0.775. The van der Waals surface area contributed by atoms with E-state index < -0.39 is 45.1 Å². The largest absolute Gasteiger partial charge is 0.505 e. The van der Waals surface area contributed by atoms with Crippen molar-refractivity contribution in [3.63, 3.8) is 0 Å². The van der Waals surface area contributed by atoms with Crippen LogP contribution in [0.5, 0.6) is 5.75 Å². The molecule has 20 heavy (non-hydrogen) atoms. The number of phenols is 1. The van der Waals surface area contributed by atoms with Gasteiger partial charge in [0.1, 0.15) is 0 Å². The summed E-state index contributed by atoms with van der Waals surface area (Å²) in [4.78, 5) is 11.4. The first-order valence-corrected chi connectivity index (χ1v) is 6.75. The minimum atomic E-state index is -5.39. The smallest absolute Gasteiger partial charge is 0.497 e. The van der Waals surface area contributed by atoms with Gasteiger partial charge in [0.25, 0.3) is 5.91 Å². The molecule has 1 amide bonds. The molecule has 0 aliphatic rings. The van der Waals surface area contributed by atoms with Gasteiger partial charge in [-0.1, -0.05) is 0 Å². The Balaban J connectivity index is 2.63. The van der Waals surface area contributed by atoms with Gasteiger partial charge >= 0.3 is 5.51 Å². The van der Waals surface area contributed by atoms with E-state index in [2.05, 4.69) is 0 Å². The summed E-state index contributed by atoms with van der Waals surface area (Å²) >= 11 is 0. The molecule has 0 unspecified atom stereocenters. The Morgan fingerprint density at radius 1 is 1.30 bits per heavy atom. The second-order valence-electron chi connectivity index (χ2n) is 3.69. The quantitative estimate of drug-likeness (QED) is 0.818. The number of benzene rings is 1. The Labute approximate surface area is 111 Å². The number of halogens is 4. The molecule has 0 atom stereocenters. The van der Waals surface area contributed by atoms with Crippen molar-refractivity contribution in [2.24, 2.45) is 0 Å². The third-order valence-electron chi connectivity index (χ3n) is 2.22. The summed E-state index contributed by atoms with van der Waals surface area (Å²) in [6.07, 6.45) is 0. The highest BCUT2D eigenvalue weighted by Gasteiger charge is 2.44. The van der Waals surface area contributed by atoms with Crippen molar-refractivity contribution in [1.29, 1.82) is 0 Å². The lowest BCUT2D eigenvalue weighted by Gasteiger charge is -2.09. The molecule has 1 rings (SSSR count). The van der Waals surface area contributed by atoms with Gasteiger partial charge in [0, 0.05) is 12.1 Å². The zero-order valence-electron chi connectivity index (χ0n) is 9.74. The number of aromatic hydroxyl groups is 1. The van der Waals surface area contributed by atoms with E-state index in [-0.39, 0.29) is 5.56 Å². The maximum Gasteiger partial charge on any atom is 0.497 e. The highest BCUT2D eigenvalue weighted by Crippen LogP contribution is 2.23. The van der Waals surface area contributed by atoms with Crippen molar-refractivity contribution < 1.29 is 35.9 Å². The van der Waals surface area contributed by atoms with Gasteiger partial charge in [0.2, 0.25) is 9.84 Å². The molecule has 5 nitrogen and oxygen atoms in total. The van der Waals surface area contributed by atoms with E-state index in [1.54, 1.807) is 0 Å². The van der Waals surface area contributed by atoms with Crippen LogP contribution in [0.4, 0.5) is 17.6 Å². The average molecular weight is 315 g/mol. The lowest BCUT2D eigenvalue weighted by atomic mass is 10.2. The van der Waals surface area contributed by atoms with Crippen LogP contribution in [0.2, 0.25) is 0 Å². The van der Waals surface area contributed by atoms with Crippen molar-refractivity contribution in [1.82, 2.24) is 5.32 Å². The van der Waals surface area contributed by atoms with E-state index in [0.29, 0.717) is 6.07 Å². The summed E-state index contributed by atoms with van der Waals surface area (Å²) in [5, 5.41) is 10.8. The Bertz CT molecular complexity index is 612. The molecule has 0 saturated carbocycles. The molecule has 0 aliphatic carbocycles. The molecule has 1 aromatic carbocycles. The fraction of sp³-hybridized carbons (Fsp3) is 0.300. The van der Waals surface area contributed by atoms with Gasteiger partial charge in [-0.3, -0.25) is 4.79 Å².